The number of piperazine rings is 1. The average molecular weight is 302 g/mol. The highest BCUT2D eigenvalue weighted by Gasteiger charge is 2.24. The first-order chi connectivity index (χ1) is 10.5. The molecule has 0 radical (unpaired) electrons. The third-order valence-corrected chi connectivity index (χ3v) is 4.33. The quantitative estimate of drug-likeness (QED) is 0.878. The van der Waals surface area contributed by atoms with E-state index >= 15 is 0 Å². The van der Waals surface area contributed by atoms with E-state index in [1.165, 1.54) is 0 Å². The summed E-state index contributed by atoms with van der Waals surface area (Å²) in [6, 6.07) is 1.77. The van der Waals surface area contributed by atoms with E-state index in [1.54, 1.807) is 6.20 Å². The normalized spacial score (nSPS) is 18.5. The Morgan fingerprint density at radius 2 is 2.09 bits per heavy atom. The van der Waals surface area contributed by atoms with Crippen molar-refractivity contribution in [1.82, 2.24) is 25.0 Å². The molecule has 3 rings (SSSR count). The van der Waals surface area contributed by atoms with Crippen molar-refractivity contribution < 1.29 is 4.79 Å². The summed E-state index contributed by atoms with van der Waals surface area (Å²) in [6.07, 6.45) is 1.65. The second-order valence-corrected chi connectivity index (χ2v) is 5.95. The van der Waals surface area contributed by atoms with Crippen LogP contribution in [-0.2, 0) is 4.79 Å². The summed E-state index contributed by atoms with van der Waals surface area (Å²) in [7, 11) is 2.11. The van der Waals surface area contributed by atoms with Crippen LogP contribution >= 0.6 is 0 Å². The molecule has 1 amide bonds. The van der Waals surface area contributed by atoms with Gasteiger partial charge in [0.15, 0.2) is 5.65 Å². The van der Waals surface area contributed by atoms with E-state index in [1.807, 2.05) is 19.9 Å². The van der Waals surface area contributed by atoms with E-state index < -0.39 is 0 Å². The number of likely N-dealkylation sites (N-methyl/N-ethyl adjacent to an activating group) is 1. The molecular weight excluding hydrogens is 280 g/mol. The lowest BCUT2D eigenvalue weighted by Gasteiger charge is -2.35. The van der Waals surface area contributed by atoms with Gasteiger partial charge in [-0.15, -0.1) is 0 Å². The summed E-state index contributed by atoms with van der Waals surface area (Å²) in [5.41, 5.74) is 2.33. The minimum absolute atomic E-state index is 0.00634. The molecule has 1 fully saturated rings. The number of aromatic amines is 1. The number of aryl methyl sites for hydroxylation is 1. The van der Waals surface area contributed by atoms with E-state index in [9.17, 15) is 4.79 Å². The van der Waals surface area contributed by atoms with Crippen LogP contribution in [-0.4, -0.2) is 70.2 Å². The lowest BCUT2D eigenvalue weighted by molar-refractivity contribution is -0.121. The molecule has 1 aliphatic heterocycles. The monoisotopic (exact) mass is 302 g/mol. The van der Waals surface area contributed by atoms with Gasteiger partial charge in [0.25, 0.3) is 0 Å². The van der Waals surface area contributed by atoms with Crippen LogP contribution in [0.3, 0.4) is 0 Å². The molecule has 7 heteroatoms. The number of carbonyl (C=O) groups is 1. The van der Waals surface area contributed by atoms with E-state index in [2.05, 4.69) is 37.3 Å². The van der Waals surface area contributed by atoms with Crippen LogP contribution in [0.2, 0.25) is 0 Å². The first-order valence-corrected chi connectivity index (χ1v) is 7.59. The van der Waals surface area contributed by atoms with Crippen molar-refractivity contribution in [3.05, 3.63) is 18.0 Å². The second kappa shape index (κ2) is 6.02. The van der Waals surface area contributed by atoms with Crippen LogP contribution in [0.5, 0.6) is 0 Å². The van der Waals surface area contributed by atoms with Gasteiger partial charge in [-0.3, -0.25) is 14.8 Å². The molecular formula is C15H22N6O. The van der Waals surface area contributed by atoms with Crippen molar-refractivity contribution in [2.45, 2.75) is 19.9 Å². The summed E-state index contributed by atoms with van der Waals surface area (Å²) >= 11 is 0. The van der Waals surface area contributed by atoms with Gasteiger partial charge in [-0.25, -0.2) is 4.98 Å². The number of rotatable bonds is 3. The number of fused-ring (bicyclic) bond motifs is 1. The molecule has 1 aliphatic rings. The first-order valence-electron chi connectivity index (χ1n) is 7.59. The van der Waals surface area contributed by atoms with Crippen LogP contribution in [0.1, 0.15) is 12.6 Å². The van der Waals surface area contributed by atoms with Gasteiger partial charge in [0, 0.05) is 37.3 Å². The minimum Gasteiger partial charge on any atom is -0.323 e. The molecule has 2 aromatic heterocycles. The fourth-order valence-corrected chi connectivity index (χ4v) is 2.71. The van der Waals surface area contributed by atoms with Crippen LogP contribution < -0.4 is 5.32 Å². The number of aromatic nitrogens is 3. The Hall–Kier alpha value is -1.99. The predicted octanol–water partition coefficient (Wildman–Crippen LogP) is 0.841. The summed E-state index contributed by atoms with van der Waals surface area (Å²) in [6.45, 7) is 7.73. The van der Waals surface area contributed by atoms with Crippen molar-refractivity contribution >= 4 is 22.6 Å². The molecule has 0 bridgehead atoms. The third kappa shape index (κ3) is 2.95. The highest BCUT2D eigenvalue weighted by molar-refractivity contribution is 5.96. The summed E-state index contributed by atoms with van der Waals surface area (Å²) < 4.78 is 0. The number of carbonyl (C=O) groups excluding carboxylic acids is 1. The Kier molecular flexibility index (Phi) is 4.08. The second-order valence-electron chi connectivity index (χ2n) is 5.95. The van der Waals surface area contributed by atoms with Gasteiger partial charge in [-0.2, -0.15) is 5.10 Å². The molecule has 7 nitrogen and oxygen atoms in total. The van der Waals surface area contributed by atoms with Crippen LogP contribution in [0.4, 0.5) is 5.69 Å². The zero-order chi connectivity index (χ0) is 15.7. The first kappa shape index (κ1) is 14.9. The Bertz CT molecular complexity index is 674. The highest BCUT2D eigenvalue weighted by Crippen LogP contribution is 2.18. The van der Waals surface area contributed by atoms with Gasteiger partial charge >= 0.3 is 0 Å². The number of nitrogens with one attached hydrogen (secondary N) is 2. The van der Waals surface area contributed by atoms with Crippen LogP contribution in [0.25, 0.3) is 11.0 Å². The van der Waals surface area contributed by atoms with Crippen molar-refractivity contribution in [3.8, 4) is 0 Å². The SMILES string of the molecule is Cc1[nH]nc2ncc(NC(=O)[C@@H](C)N3CCN(C)CC3)cc12. The molecule has 3 heterocycles. The topological polar surface area (TPSA) is 77.1 Å². The van der Waals surface area contributed by atoms with Crippen molar-refractivity contribution in [2.75, 3.05) is 38.5 Å². The zero-order valence-corrected chi connectivity index (χ0v) is 13.3. The Balaban J connectivity index is 1.68. The molecule has 0 aliphatic carbocycles. The molecule has 118 valence electrons. The Labute approximate surface area is 129 Å². The molecule has 2 N–H and O–H groups in total. The Morgan fingerprint density at radius 3 is 2.82 bits per heavy atom. The molecule has 0 saturated carbocycles. The molecule has 0 spiro atoms. The van der Waals surface area contributed by atoms with Crippen LogP contribution in [0, 0.1) is 6.92 Å². The average Bonchev–Trinajstić information content (AvgIpc) is 2.88. The van der Waals surface area contributed by atoms with Crippen LogP contribution in [0.15, 0.2) is 12.3 Å². The third-order valence-electron chi connectivity index (χ3n) is 4.33. The number of nitrogens with zero attached hydrogens (tertiary/aromatic N) is 4. The minimum atomic E-state index is -0.144. The maximum Gasteiger partial charge on any atom is 0.241 e. The lowest BCUT2D eigenvalue weighted by atomic mass is 10.2. The predicted molar refractivity (Wildman–Crippen MR) is 85.8 cm³/mol. The van der Waals surface area contributed by atoms with E-state index in [-0.39, 0.29) is 11.9 Å². The van der Waals surface area contributed by atoms with E-state index in [4.69, 9.17) is 0 Å². The molecule has 2 aromatic rings. The smallest absolute Gasteiger partial charge is 0.241 e. The fraction of sp³-hybridized carbons (Fsp3) is 0.533. The van der Waals surface area contributed by atoms with Gasteiger partial charge < -0.3 is 10.2 Å². The molecule has 1 saturated heterocycles. The van der Waals surface area contributed by atoms with Gasteiger partial charge in [-0.1, -0.05) is 0 Å². The van der Waals surface area contributed by atoms with Gasteiger partial charge in [0.2, 0.25) is 5.91 Å². The molecule has 22 heavy (non-hydrogen) atoms. The number of hydrogen-bond acceptors (Lipinski definition) is 5. The summed E-state index contributed by atoms with van der Waals surface area (Å²) in [5.74, 6) is 0.00634. The number of hydrogen-bond donors (Lipinski definition) is 2. The standard InChI is InChI=1S/C15H22N6O/c1-10-13-8-12(9-16-14(13)19-18-10)17-15(22)11(2)21-6-4-20(3)5-7-21/h8-9,11H,4-7H2,1-3H3,(H,17,22)(H,16,18,19)/t11-/m1/s1. The lowest BCUT2D eigenvalue weighted by Crippen LogP contribution is -2.51. The largest absolute Gasteiger partial charge is 0.323 e. The van der Waals surface area contributed by atoms with E-state index in [0.29, 0.717) is 11.3 Å². The fourth-order valence-electron chi connectivity index (χ4n) is 2.71. The van der Waals surface area contributed by atoms with Gasteiger partial charge in [-0.05, 0) is 27.0 Å². The highest BCUT2D eigenvalue weighted by atomic mass is 16.2. The van der Waals surface area contributed by atoms with E-state index in [0.717, 1.165) is 37.3 Å². The number of amides is 1. The molecule has 0 aromatic carbocycles. The zero-order valence-electron chi connectivity index (χ0n) is 13.3. The molecule has 0 unspecified atom stereocenters. The Morgan fingerprint density at radius 1 is 1.36 bits per heavy atom. The van der Waals surface area contributed by atoms with Crippen molar-refractivity contribution in [3.63, 3.8) is 0 Å². The maximum absolute atomic E-state index is 12.4. The summed E-state index contributed by atoms with van der Waals surface area (Å²) in [5, 5.41) is 10.9. The van der Waals surface area contributed by atoms with Crippen molar-refractivity contribution in [1.29, 1.82) is 0 Å². The maximum atomic E-state index is 12.4. The van der Waals surface area contributed by atoms with Gasteiger partial charge in [0.05, 0.1) is 17.9 Å². The number of pyridine rings is 1. The number of H-pyrrole nitrogens is 1. The molecule has 1 atom stereocenters. The summed E-state index contributed by atoms with van der Waals surface area (Å²) in [4.78, 5) is 21.2. The van der Waals surface area contributed by atoms with Crippen molar-refractivity contribution in [2.24, 2.45) is 0 Å². The van der Waals surface area contributed by atoms with Gasteiger partial charge in [0.1, 0.15) is 0 Å². The number of anilines is 1.